The van der Waals surface area contributed by atoms with Crippen LogP contribution in [-0.2, 0) is 9.59 Å². The lowest BCUT2D eigenvalue weighted by molar-refractivity contribution is -0.145. The summed E-state index contributed by atoms with van der Waals surface area (Å²) in [4.78, 5) is 26.4. The molecular weight excluding hydrogens is 264 g/mol. The van der Waals surface area contributed by atoms with Crippen molar-refractivity contribution >= 4 is 17.5 Å². The molecule has 1 unspecified atom stereocenters. The van der Waals surface area contributed by atoms with Crippen LogP contribution in [-0.4, -0.2) is 29.3 Å². The van der Waals surface area contributed by atoms with Crippen LogP contribution in [0.2, 0.25) is 0 Å². The molecule has 0 spiro atoms. The van der Waals surface area contributed by atoms with Crippen LogP contribution in [0.25, 0.3) is 0 Å². The maximum atomic E-state index is 12.4. The monoisotopic (exact) mass is 288 g/mol. The van der Waals surface area contributed by atoms with E-state index in [4.69, 9.17) is 0 Å². The Balaban J connectivity index is 2.10. The van der Waals surface area contributed by atoms with E-state index < -0.39 is 11.8 Å². The lowest BCUT2D eigenvalue weighted by Crippen LogP contribution is -2.48. The molecule has 1 N–H and O–H groups in total. The number of likely N-dealkylation sites (tertiary alicyclic amines) is 1. The van der Waals surface area contributed by atoms with Crippen molar-refractivity contribution < 1.29 is 9.59 Å². The van der Waals surface area contributed by atoms with Crippen LogP contribution in [0.1, 0.15) is 43.7 Å². The molecular formula is C17H24N2O2. The van der Waals surface area contributed by atoms with Crippen LogP contribution < -0.4 is 5.32 Å². The van der Waals surface area contributed by atoms with Gasteiger partial charge in [-0.15, -0.1) is 0 Å². The molecule has 1 fully saturated rings. The highest BCUT2D eigenvalue weighted by atomic mass is 16.2. The van der Waals surface area contributed by atoms with E-state index in [1.165, 1.54) is 0 Å². The lowest BCUT2D eigenvalue weighted by Gasteiger charge is -2.34. The highest BCUT2D eigenvalue weighted by Crippen LogP contribution is 2.22. The number of nitrogens with zero attached hydrogens (tertiary/aromatic N) is 1. The van der Waals surface area contributed by atoms with E-state index in [1.54, 1.807) is 4.90 Å². The SMILES string of the molecule is CCC1CCCCN1C(=O)C(=O)Nc1c(C)cccc1C. The number of anilines is 1. The Morgan fingerprint density at radius 1 is 1.24 bits per heavy atom. The number of amides is 2. The van der Waals surface area contributed by atoms with Crippen LogP contribution in [0.3, 0.4) is 0 Å². The Morgan fingerprint density at radius 3 is 2.52 bits per heavy atom. The van der Waals surface area contributed by atoms with Gasteiger partial charge in [-0.05, 0) is 50.7 Å². The predicted molar refractivity (Wildman–Crippen MR) is 84.2 cm³/mol. The first kappa shape index (κ1) is 15.5. The summed E-state index contributed by atoms with van der Waals surface area (Å²) in [5.41, 5.74) is 2.70. The van der Waals surface area contributed by atoms with Gasteiger partial charge in [0.2, 0.25) is 0 Å². The Labute approximate surface area is 126 Å². The minimum Gasteiger partial charge on any atom is -0.331 e. The molecule has 0 bridgehead atoms. The Morgan fingerprint density at radius 2 is 1.90 bits per heavy atom. The number of hydrogen-bond acceptors (Lipinski definition) is 2. The Kier molecular flexibility index (Phi) is 4.99. The van der Waals surface area contributed by atoms with Gasteiger partial charge >= 0.3 is 11.8 Å². The van der Waals surface area contributed by atoms with Crippen LogP contribution in [0.4, 0.5) is 5.69 Å². The maximum absolute atomic E-state index is 12.4. The van der Waals surface area contributed by atoms with Crippen LogP contribution in [0, 0.1) is 13.8 Å². The van der Waals surface area contributed by atoms with E-state index in [1.807, 2.05) is 32.0 Å². The fourth-order valence-corrected chi connectivity index (χ4v) is 3.00. The molecule has 1 aromatic carbocycles. The predicted octanol–water partition coefficient (Wildman–Crippen LogP) is 3.03. The van der Waals surface area contributed by atoms with Crippen LogP contribution >= 0.6 is 0 Å². The van der Waals surface area contributed by atoms with Crippen molar-refractivity contribution in [2.75, 3.05) is 11.9 Å². The van der Waals surface area contributed by atoms with Gasteiger partial charge in [-0.1, -0.05) is 25.1 Å². The highest BCUT2D eigenvalue weighted by Gasteiger charge is 2.29. The number of carbonyl (C=O) groups is 2. The summed E-state index contributed by atoms with van der Waals surface area (Å²) in [6, 6.07) is 6.01. The maximum Gasteiger partial charge on any atom is 0.313 e. The van der Waals surface area contributed by atoms with Gasteiger partial charge in [-0.25, -0.2) is 0 Å². The van der Waals surface area contributed by atoms with Crippen molar-refractivity contribution in [2.24, 2.45) is 0 Å². The smallest absolute Gasteiger partial charge is 0.313 e. The quantitative estimate of drug-likeness (QED) is 0.850. The molecule has 2 rings (SSSR count). The molecule has 0 radical (unpaired) electrons. The number of carbonyl (C=O) groups excluding carboxylic acids is 2. The molecule has 4 heteroatoms. The van der Waals surface area contributed by atoms with Gasteiger partial charge in [0, 0.05) is 18.3 Å². The largest absolute Gasteiger partial charge is 0.331 e. The number of aryl methyl sites for hydroxylation is 2. The van der Waals surface area contributed by atoms with E-state index in [-0.39, 0.29) is 6.04 Å². The highest BCUT2D eigenvalue weighted by molar-refractivity contribution is 6.39. The molecule has 1 aliphatic heterocycles. The van der Waals surface area contributed by atoms with Gasteiger partial charge in [-0.3, -0.25) is 9.59 Å². The van der Waals surface area contributed by atoms with Crippen LogP contribution in [0.15, 0.2) is 18.2 Å². The number of para-hydroxylation sites is 1. The van der Waals surface area contributed by atoms with Crippen molar-refractivity contribution in [2.45, 2.75) is 52.5 Å². The lowest BCUT2D eigenvalue weighted by atomic mass is 10.00. The summed E-state index contributed by atoms with van der Waals surface area (Å²) in [5.74, 6) is -0.919. The summed E-state index contributed by atoms with van der Waals surface area (Å²) < 4.78 is 0. The third-order valence-electron chi connectivity index (χ3n) is 4.27. The number of benzene rings is 1. The van der Waals surface area contributed by atoms with Crippen molar-refractivity contribution in [1.82, 2.24) is 4.90 Å². The molecule has 0 aromatic heterocycles. The second-order valence-corrected chi connectivity index (χ2v) is 5.78. The van der Waals surface area contributed by atoms with Gasteiger partial charge in [0.1, 0.15) is 0 Å². The molecule has 1 heterocycles. The van der Waals surface area contributed by atoms with E-state index >= 15 is 0 Å². The Hall–Kier alpha value is -1.84. The Bertz CT molecular complexity index is 519. The molecule has 114 valence electrons. The summed E-state index contributed by atoms with van der Waals surface area (Å²) >= 11 is 0. The summed E-state index contributed by atoms with van der Waals surface area (Å²) in [6.45, 7) is 6.63. The second kappa shape index (κ2) is 6.74. The molecule has 0 aliphatic carbocycles. The third kappa shape index (κ3) is 3.43. The zero-order valence-electron chi connectivity index (χ0n) is 13.1. The zero-order chi connectivity index (χ0) is 15.4. The van der Waals surface area contributed by atoms with Gasteiger partial charge in [-0.2, -0.15) is 0 Å². The van der Waals surface area contributed by atoms with E-state index in [0.717, 1.165) is 42.5 Å². The first-order valence-corrected chi connectivity index (χ1v) is 7.72. The van der Waals surface area contributed by atoms with E-state index in [0.29, 0.717) is 6.54 Å². The van der Waals surface area contributed by atoms with E-state index in [9.17, 15) is 9.59 Å². The average molecular weight is 288 g/mol. The second-order valence-electron chi connectivity index (χ2n) is 5.78. The van der Waals surface area contributed by atoms with Crippen molar-refractivity contribution in [3.8, 4) is 0 Å². The molecule has 1 saturated heterocycles. The molecule has 1 aliphatic rings. The molecule has 2 amide bonds. The number of hydrogen-bond donors (Lipinski definition) is 1. The molecule has 1 atom stereocenters. The standard InChI is InChI=1S/C17H24N2O2/c1-4-14-10-5-6-11-19(14)17(21)16(20)18-15-12(2)8-7-9-13(15)3/h7-9,14H,4-6,10-11H2,1-3H3,(H,18,20). The molecule has 0 saturated carbocycles. The first-order valence-electron chi connectivity index (χ1n) is 7.72. The average Bonchev–Trinajstić information content (AvgIpc) is 2.50. The van der Waals surface area contributed by atoms with Gasteiger partial charge in [0.25, 0.3) is 0 Å². The minimum absolute atomic E-state index is 0.204. The normalized spacial score (nSPS) is 18.4. The fraction of sp³-hybridized carbons (Fsp3) is 0.529. The topological polar surface area (TPSA) is 49.4 Å². The fourth-order valence-electron chi connectivity index (χ4n) is 3.00. The van der Waals surface area contributed by atoms with Crippen molar-refractivity contribution in [1.29, 1.82) is 0 Å². The third-order valence-corrected chi connectivity index (χ3v) is 4.27. The summed E-state index contributed by atoms with van der Waals surface area (Å²) in [6.07, 6.45) is 4.03. The molecule has 1 aromatic rings. The summed E-state index contributed by atoms with van der Waals surface area (Å²) in [7, 11) is 0. The minimum atomic E-state index is -0.521. The summed E-state index contributed by atoms with van der Waals surface area (Å²) in [5, 5.41) is 2.79. The van der Waals surface area contributed by atoms with Crippen molar-refractivity contribution in [3.63, 3.8) is 0 Å². The van der Waals surface area contributed by atoms with E-state index in [2.05, 4.69) is 12.2 Å². The molecule has 21 heavy (non-hydrogen) atoms. The number of rotatable bonds is 2. The number of piperidine rings is 1. The first-order chi connectivity index (χ1) is 10.0. The van der Waals surface area contributed by atoms with Crippen molar-refractivity contribution in [3.05, 3.63) is 29.3 Å². The van der Waals surface area contributed by atoms with Gasteiger partial charge < -0.3 is 10.2 Å². The van der Waals surface area contributed by atoms with Crippen LogP contribution in [0.5, 0.6) is 0 Å². The zero-order valence-corrected chi connectivity index (χ0v) is 13.1. The number of nitrogens with one attached hydrogen (secondary N) is 1. The molecule has 4 nitrogen and oxygen atoms in total. The van der Waals surface area contributed by atoms with Gasteiger partial charge in [0.05, 0.1) is 0 Å². The van der Waals surface area contributed by atoms with Gasteiger partial charge in [0.15, 0.2) is 0 Å².